The Morgan fingerprint density at radius 3 is 2.75 bits per heavy atom. The summed E-state index contributed by atoms with van der Waals surface area (Å²) in [5.74, 6) is 1.57. The third-order valence-electron chi connectivity index (χ3n) is 4.95. The molecule has 1 saturated heterocycles. The van der Waals surface area contributed by atoms with Gasteiger partial charge in [0.25, 0.3) is 0 Å². The Kier molecular flexibility index (Phi) is 7.68. The van der Waals surface area contributed by atoms with Crippen LogP contribution in [0.5, 0.6) is 0 Å². The summed E-state index contributed by atoms with van der Waals surface area (Å²) < 4.78 is 5.52. The summed E-state index contributed by atoms with van der Waals surface area (Å²) in [5, 5.41) is 16.4. The predicted molar refractivity (Wildman–Crippen MR) is 110 cm³/mol. The fourth-order valence-electron chi connectivity index (χ4n) is 3.14. The minimum atomic E-state index is -0.556. The molecule has 1 atom stereocenters. The highest BCUT2D eigenvalue weighted by Crippen LogP contribution is 2.28. The summed E-state index contributed by atoms with van der Waals surface area (Å²) in [6.45, 7) is 5.58. The molecule has 1 aromatic carbocycles. The Morgan fingerprint density at radius 1 is 1.32 bits per heavy atom. The molecule has 0 radical (unpaired) electrons. The molecule has 1 aromatic rings. The van der Waals surface area contributed by atoms with Crippen molar-refractivity contribution in [3.05, 3.63) is 29.8 Å². The standard InChI is InChI=1S/C21H32N4O3/c1-2-22-21(24-13-19(26)15-28-14-17-5-6-17)23-12-16-7-9-18(10-8-16)25-11-3-4-20(25)27/h7-10,17,19,26H,2-6,11-15H2,1H3,(H2,22,23,24). The van der Waals surface area contributed by atoms with Crippen LogP contribution in [0.25, 0.3) is 0 Å². The van der Waals surface area contributed by atoms with Gasteiger partial charge in [0.05, 0.1) is 19.3 Å². The molecule has 0 bridgehead atoms. The minimum absolute atomic E-state index is 0.198. The molecule has 2 aliphatic rings. The summed E-state index contributed by atoms with van der Waals surface area (Å²) in [4.78, 5) is 18.3. The number of ether oxygens (including phenoxy) is 1. The predicted octanol–water partition coefficient (Wildman–Crippen LogP) is 1.66. The van der Waals surface area contributed by atoms with E-state index >= 15 is 0 Å². The molecule has 1 amide bonds. The average molecular weight is 389 g/mol. The maximum Gasteiger partial charge on any atom is 0.227 e. The van der Waals surface area contributed by atoms with E-state index in [-0.39, 0.29) is 5.91 Å². The van der Waals surface area contributed by atoms with Crippen molar-refractivity contribution < 1.29 is 14.6 Å². The molecule has 1 aliphatic carbocycles. The smallest absolute Gasteiger partial charge is 0.227 e. The summed E-state index contributed by atoms with van der Waals surface area (Å²) in [6, 6.07) is 7.98. The summed E-state index contributed by atoms with van der Waals surface area (Å²) >= 11 is 0. The van der Waals surface area contributed by atoms with E-state index in [1.54, 1.807) is 0 Å². The van der Waals surface area contributed by atoms with Crippen molar-refractivity contribution in [2.75, 3.05) is 37.7 Å². The first-order valence-electron chi connectivity index (χ1n) is 10.3. The highest BCUT2D eigenvalue weighted by molar-refractivity contribution is 5.95. The largest absolute Gasteiger partial charge is 0.389 e. The molecule has 1 aliphatic heterocycles. The van der Waals surface area contributed by atoms with Crippen LogP contribution >= 0.6 is 0 Å². The summed E-state index contributed by atoms with van der Waals surface area (Å²) in [6.07, 6.45) is 3.52. The number of aliphatic hydroxyl groups excluding tert-OH is 1. The molecule has 7 heteroatoms. The Hall–Kier alpha value is -2.12. The van der Waals surface area contributed by atoms with Gasteiger partial charge in [-0.2, -0.15) is 0 Å². The number of amides is 1. The average Bonchev–Trinajstić information content (AvgIpc) is 3.43. The van der Waals surface area contributed by atoms with Crippen LogP contribution in [0.3, 0.4) is 0 Å². The Balaban J connectivity index is 1.45. The van der Waals surface area contributed by atoms with Crippen molar-refractivity contribution in [3.63, 3.8) is 0 Å². The van der Waals surface area contributed by atoms with Gasteiger partial charge in [0.1, 0.15) is 0 Å². The monoisotopic (exact) mass is 388 g/mol. The van der Waals surface area contributed by atoms with Crippen molar-refractivity contribution in [2.45, 2.75) is 45.3 Å². The van der Waals surface area contributed by atoms with Crippen LogP contribution in [-0.2, 0) is 16.1 Å². The number of anilines is 1. The SMILES string of the molecule is CCNC(=NCc1ccc(N2CCCC2=O)cc1)NCC(O)COCC1CC1. The Labute approximate surface area is 167 Å². The number of nitrogens with one attached hydrogen (secondary N) is 2. The first kappa shape index (κ1) is 20.6. The van der Waals surface area contributed by atoms with Crippen LogP contribution in [0.4, 0.5) is 5.69 Å². The quantitative estimate of drug-likeness (QED) is 0.419. The minimum Gasteiger partial charge on any atom is -0.389 e. The Morgan fingerprint density at radius 2 is 2.11 bits per heavy atom. The third kappa shape index (κ3) is 6.49. The number of rotatable bonds is 10. The zero-order valence-electron chi connectivity index (χ0n) is 16.7. The second-order valence-electron chi connectivity index (χ2n) is 7.53. The van der Waals surface area contributed by atoms with E-state index in [0.29, 0.717) is 38.0 Å². The summed E-state index contributed by atoms with van der Waals surface area (Å²) in [5.41, 5.74) is 2.02. The fraction of sp³-hybridized carbons (Fsp3) is 0.619. The van der Waals surface area contributed by atoms with Crippen molar-refractivity contribution >= 4 is 17.6 Å². The molecule has 1 unspecified atom stereocenters. The van der Waals surface area contributed by atoms with Gasteiger partial charge in [-0.25, -0.2) is 4.99 Å². The van der Waals surface area contributed by atoms with E-state index in [1.165, 1.54) is 12.8 Å². The van der Waals surface area contributed by atoms with Crippen LogP contribution < -0.4 is 15.5 Å². The lowest BCUT2D eigenvalue weighted by atomic mass is 10.2. The third-order valence-corrected chi connectivity index (χ3v) is 4.95. The van der Waals surface area contributed by atoms with E-state index in [0.717, 1.165) is 37.4 Å². The lowest BCUT2D eigenvalue weighted by Gasteiger charge is -2.16. The molecule has 2 fully saturated rings. The number of hydrogen-bond donors (Lipinski definition) is 3. The van der Waals surface area contributed by atoms with Crippen LogP contribution in [0, 0.1) is 5.92 Å². The van der Waals surface area contributed by atoms with E-state index in [2.05, 4.69) is 15.6 Å². The zero-order valence-corrected chi connectivity index (χ0v) is 16.7. The first-order chi connectivity index (χ1) is 13.7. The molecular weight excluding hydrogens is 356 g/mol. The molecule has 1 saturated carbocycles. The van der Waals surface area contributed by atoms with Crippen LogP contribution in [0.1, 0.15) is 38.2 Å². The van der Waals surface area contributed by atoms with E-state index in [4.69, 9.17) is 4.74 Å². The maximum atomic E-state index is 11.8. The van der Waals surface area contributed by atoms with Gasteiger partial charge in [0.2, 0.25) is 5.91 Å². The highest BCUT2D eigenvalue weighted by Gasteiger charge is 2.22. The van der Waals surface area contributed by atoms with Gasteiger partial charge >= 0.3 is 0 Å². The Bertz CT molecular complexity index is 658. The molecule has 7 nitrogen and oxygen atoms in total. The molecule has 1 heterocycles. The lowest BCUT2D eigenvalue weighted by molar-refractivity contribution is -0.117. The number of nitrogens with zero attached hydrogens (tertiary/aromatic N) is 2. The normalized spacial score (nSPS) is 18.4. The first-order valence-corrected chi connectivity index (χ1v) is 10.3. The fourth-order valence-corrected chi connectivity index (χ4v) is 3.14. The van der Waals surface area contributed by atoms with Crippen LogP contribution in [-0.4, -0.2) is 55.9 Å². The number of aliphatic hydroxyl groups is 1. The molecule has 3 N–H and O–H groups in total. The molecule has 154 valence electrons. The molecule has 0 aromatic heterocycles. The number of carbonyl (C=O) groups excluding carboxylic acids is 1. The zero-order chi connectivity index (χ0) is 19.8. The number of guanidine groups is 1. The van der Waals surface area contributed by atoms with Gasteiger partial charge in [-0.1, -0.05) is 12.1 Å². The topological polar surface area (TPSA) is 86.2 Å². The van der Waals surface area contributed by atoms with E-state index < -0.39 is 6.10 Å². The molecular formula is C21H32N4O3. The van der Waals surface area contributed by atoms with Crippen molar-refractivity contribution in [2.24, 2.45) is 10.9 Å². The van der Waals surface area contributed by atoms with Gasteiger partial charge < -0.3 is 25.4 Å². The van der Waals surface area contributed by atoms with Gasteiger partial charge in [0.15, 0.2) is 5.96 Å². The van der Waals surface area contributed by atoms with Crippen LogP contribution in [0.2, 0.25) is 0 Å². The lowest BCUT2D eigenvalue weighted by Crippen LogP contribution is -2.42. The number of hydrogen-bond acceptors (Lipinski definition) is 4. The van der Waals surface area contributed by atoms with Gasteiger partial charge in [0, 0.05) is 38.3 Å². The van der Waals surface area contributed by atoms with Crippen LogP contribution in [0.15, 0.2) is 29.3 Å². The van der Waals surface area contributed by atoms with Crippen molar-refractivity contribution in [1.29, 1.82) is 0 Å². The maximum absolute atomic E-state index is 11.8. The number of carbonyl (C=O) groups is 1. The molecule has 28 heavy (non-hydrogen) atoms. The van der Waals surface area contributed by atoms with Crippen molar-refractivity contribution in [1.82, 2.24) is 10.6 Å². The molecule has 3 rings (SSSR count). The van der Waals surface area contributed by atoms with Gasteiger partial charge in [-0.05, 0) is 49.8 Å². The molecule has 0 spiro atoms. The van der Waals surface area contributed by atoms with Gasteiger partial charge in [-0.15, -0.1) is 0 Å². The second-order valence-corrected chi connectivity index (χ2v) is 7.53. The highest BCUT2D eigenvalue weighted by atomic mass is 16.5. The number of benzene rings is 1. The van der Waals surface area contributed by atoms with Crippen molar-refractivity contribution in [3.8, 4) is 0 Å². The van der Waals surface area contributed by atoms with E-state index in [9.17, 15) is 9.90 Å². The second kappa shape index (κ2) is 10.4. The number of aliphatic imine (C=N–C) groups is 1. The van der Waals surface area contributed by atoms with E-state index in [1.807, 2.05) is 36.1 Å². The van der Waals surface area contributed by atoms with Gasteiger partial charge in [-0.3, -0.25) is 4.79 Å². The summed E-state index contributed by atoms with van der Waals surface area (Å²) in [7, 11) is 0.